The van der Waals surface area contributed by atoms with Crippen LogP contribution in [0.25, 0.3) is 5.65 Å². The van der Waals surface area contributed by atoms with Crippen molar-refractivity contribution in [3.05, 3.63) is 41.0 Å². The Morgan fingerprint density at radius 2 is 1.96 bits per heavy atom. The summed E-state index contributed by atoms with van der Waals surface area (Å²) in [6.07, 6.45) is 7.20. The Morgan fingerprint density at radius 1 is 1.18 bits per heavy atom. The molecule has 3 aromatic heterocycles. The average Bonchev–Trinajstić information content (AvgIpc) is 3.10. The molecule has 10 heteroatoms. The molecule has 1 N–H and O–H groups in total. The minimum Gasteiger partial charge on any atom is -0.367 e. The summed E-state index contributed by atoms with van der Waals surface area (Å²) in [5.41, 5.74) is 0.239. The highest BCUT2D eigenvalue weighted by Gasteiger charge is 2.21. The van der Waals surface area contributed by atoms with E-state index in [1.807, 2.05) is 31.3 Å². The van der Waals surface area contributed by atoms with Crippen molar-refractivity contribution in [1.82, 2.24) is 34.0 Å². The average molecular weight is 383 g/mol. The van der Waals surface area contributed by atoms with Crippen LogP contribution in [-0.4, -0.2) is 67.3 Å². The summed E-state index contributed by atoms with van der Waals surface area (Å²) in [5, 5.41) is 11.8. The van der Waals surface area contributed by atoms with Gasteiger partial charge >= 0.3 is 0 Å². The lowest BCUT2D eigenvalue weighted by Crippen LogP contribution is -2.39. The van der Waals surface area contributed by atoms with E-state index in [2.05, 4.69) is 30.4 Å². The van der Waals surface area contributed by atoms with Crippen LogP contribution in [0.1, 0.15) is 18.7 Å². The van der Waals surface area contributed by atoms with Crippen molar-refractivity contribution in [2.45, 2.75) is 25.4 Å². The van der Waals surface area contributed by atoms with Gasteiger partial charge in [-0.1, -0.05) is 0 Å². The maximum atomic E-state index is 12.1. The van der Waals surface area contributed by atoms with Gasteiger partial charge in [0.05, 0.1) is 6.54 Å². The van der Waals surface area contributed by atoms with Crippen molar-refractivity contribution in [1.29, 1.82) is 0 Å². The first kappa shape index (κ1) is 18.4. The van der Waals surface area contributed by atoms with Crippen molar-refractivity contribution < 1.29 is 0 Å². The molecule has 0 amide bonds. The molecule has 148 valence electrons. The minimum atomic E-state index is -0.133. The van der Waals surface area contributed by atoms with Gasteiger partial charge < -0.3 is 14.8 Å². The van der Waals surface area contributed by atoms with E-state index in [4.69, 9.17) is 0 Å². The fourth-order valence-corrected chi connectivity index (χ4v) is 3.44. The number of hydrogen-bond donors (Lipinski definition) is 1. The smallest absolute Gasteiger partial charge is 0.295 e. The first-order chi connectivity index (χ1) is 13.5. The molecular weight excluding hydrogens is 358 g/mol. The second-order valence-corrected chi connectivity index (χ2v) is 7.37. The number of nitrogens with zero attached hydrogens (tertiary/aromatic N) is 8. The Kier molecular flexibility index (Phi) is 4.95. The lowest BCUT2D eigenvalue weighted by molar-refractivity contribution is 0.206. The first-order valence-electron chi connectivity index (χ1n) is 9.39. The van der Waals surface area contributed by atoms with Crippen LogP contribution in [-0.2, 0) is 13.6 Å². The van der Waals surface area contributed by atoms with Gasteiger partial charge in [0.15, 0.2) is 5.82 Å². The highest BCUT2D eigenvalue weighted by molar-refractivity contribution is 5.47. The van der Waals surface area contributed by atoms with Crippen molar-refractivity contribution in [2.24, 2.45) is 7.05 Å². The quantitative estimate of drug-likeness (QED) is 0.675. The summed E-state index contributed by atoms with van der Waals surface area (Å²) in [4.78, 5) is 25.0. The Morgan fingerprint density at radius 3 is 2.71 bits per heavy atom. The lowest BCUT2D eigenvalue weighted by Gasteiger charge is -2.32. The van der Waals surface area contributed by atoms with Gasteiger partial charge in [0.25, 0.3) is 5.56 Å². The molecule has 4 heterocycles. The molecule has 0 radical (unpaired) electrons. The number of hydrogen-bond acceptors (Lipinski definition) is 8. The third-order valence-electron chi connectivity index (χ3n) is 5.13. The van der Waals surface area contributed by atoms with E-state index < -0.39 is 0 Å². The van der Waals surface area contributed by atoms with Crippen LogP contribution < -0.4 is 15.8 Å². The largest absolute Gasteiger partial charge is 0.367 e. The predicted molar refractivity (Wildman–Crippen MR) is 107 cm³/mol. The molecule has 0 unspecified atom stereocenters. The summed E-state index contributed by atoms with van der Waals surface area (Å²) >= 11 is 0. The van der Waals surface area contributed by atoms with Gasteiger partial charge in [-0.05, 0) is 12.8 Å². The van der Waals surface area contributed by atoms with Gasteiger partial charge in [0, 0.05) is 58.7 Å². The molecule has 4 rings (SSSR count). The molecule has 0 atom stereocenters. The molecule has 1 fully saturated rings. The Balaban J connectivity index is 1.37. The molecule has 3 aromatic rings. The molecule has 0 saturated carbocycles. The topological polar surface area (TPSA) is 96.5 Å². The van der Waals surface area contributed by atoms with E-state index in [1.165, 1.54) is 4.57 Å². The van der Waals surface area contributed by atoms with E-state index in [-0.39, 0.29) is 5.56 Å². The van der Waals surface area contributed by atoms with Crippen molar-refractivity contribution in [3.63, 3.8) is 0 Å². The summed E-state index contributed by atoms with van der Waals surface area (Å²) < 4.78 is 3.30. The van der Waals surface area contributed by atoms with Crippen LogP contribution in [0, 0.1) is 0 Å². The van der Waals surface area contributed by atoms with E-state index >= 15 is 0 Å². The van der Waals surface area contributed by atoms with E-state index in [9.17, 15) is 4.79 Å². The van der Waals surface area contributed by atoms with Gasteiger partial charge in [-0.2, -0.15) is 0 Å². The van der Waals surface area contributed by atoms with E-state index in [0.29, 0.717) is 18.2 Å². The van der Waals surface area contributed by atoms with Crippen molar-refractivity contribution in [3.8, 4) is 0 Å². The van der Waals surface area contributed by atoms with Gasteiger partial charge in [0.2, 0.25) is 5.65 Å². The number of piperidine rings is 1. The minimum absolute atomic E-state index is 0.133. The molecule has 0 spiro atoms. The molecular formula is C18H25N9O. The number of aryl methyl sites for hydroxylation is 1. The number of fused-ring (bicyclic) bond motifs is 1. The molecule has 10 nitrogen and oxygen atoms in total. The zero-order chi connectivity index (χ0) is 19.7. The number of likely N-dealkylation sites (tertiary alicyclic amines) is 1. The second-order valence-electron chi connectivity index (χ2n) is 7.37. The first-order valence-corrected chi connectivity index (χ1v) is 9.39. The monoisotopic (exact) mass is 383 g/mol. The summed E-state index contributed by atoms with van der Waals surface area (Å²) in [6.45, 7) is 2.57. The third kappa shape index (κ3) is 3.68. The van der Waals surface area contributed by atoms with Crippen LogP contribution in [0.2, 0.25) is 0 Å². The Labute approximate surface area is 162 Å². The van der Waals surface area contributed by atoms with Crippen molar-refractivity contribution >= 4 is 17.3 Å². The Hall–Kier alpha value is -3.01. The number of aromatic nitrogens is 6. The normalized spacial score (nSPS) is 15.8. The molecule has 28 heavy (non-hydrogen) atoms. The predicted octanol–water partition coefficient (Wildman–Crippen LogP) is 0.361. The summed E-state index contributed by atoms with van der Waals surface area (Å²) in [5.74, 6) is 2.54. The van der Waals surface area contributed by atoms with Gasteiger partial charge in [0.1, 0.15) is 18.0 Å². The third-order valence-corrected chi connectivity index (χ3v) is 5.13. The number of nitrogens with one attached hydrogen (secondary N) is 1. The molecule has 0 aliphatic carbocycles. The molecule has 1 aliphatic heterocycles. The SMILES string of the molecule is CN(C)c1cc(NC2CCN(Cc3nnc4c(=O)n(C)ccn34)CC2)ncn1. The fraction of sp³-hybridized carbons (Fsp3) is 0.500. The zero-order valence-corrected chi connectivity index (χ0v) is 16.4. The lowest BCUT2D eigenvalue weighted by atomic mass is 10.1. The zero-order valence-electron chi connectivity index (χ0n) is 16.4. The van der Waals surface area contributed by atoms with Crippen LogP contribution in [0.5, 0.6) is 0 Å². The van der Waals surface area contributed by atoms with Crippen molar-refractivity contribution in [2.75, 3.05) is 37.4 Å². The van der Waals surface area contributed by atoms with E-state index in [0.717, 1.165) is 43.4 Å². The fourth-order valence-electron chi connectivity index (χ4n) is 3.44. The number of rotatable bonds is 5. The second kappa shape index (κ2) is 7.55. The molecule has 0 bridgehead atoms. The van der Waals surface area contributed by atoms with Crippen LogP contribution in [0.4, 0.5) is 11.6 Å². The standard InChI is InChI=1S/C18H25N9O/c1-24(2)15-10-14(19-12-20-15)21-13-4-6-26(7-5-13)11-16-22-23-17-18(28)25(3)8-9-27(16)17/h8-10,12-13H,4-7,11H2,1-3H3,(H,19,20,21). The van der Waals surface area contributed by atoms with Gasteiger partial charge in [-0.3, -0.25) is 14.1 Å². The van der Waals surface area contributed by atoms with Crippen LogP contribution >= 0.6 is 0 Å². The highest BCUT2D eigenvalue weighted by Crippen LogP contribution is 2.18. The highest BCUT2D eigenvalue weighted by atomic mass is 16.1. The number of anilines is 2. The Bertz CT molecular complexity index is 1020. The van der Waals surface area contributed by atoms with Crippen LogP contribution in [0.15, 0.2) is 29.6 Å². The van der Waals surface area contributed by atoms with Gasteiger partial charge in [-0.25, -0.2) is 9.97 Å². The maximum absolute atomic E-state index is 12.1. The molecule has 1 aliphatic rings. The maximum Gasteiger partial charge on any atom is 0.295 e. The molecule has 0 aromatic carbocycles. The van der Waals surface area contributed by atoms with E-state index in [1.54, 1.807) is 24.0 Å². The van der Waals surface area contributed by atoms with Gasteiger partial charge in [-0.15, -0.1) is 10.2 Å². The molecule has 1 saturated heterocycles. The van der Waals surface area contributed by atoms with Crippen LogP contribution in [0.3, 0.4) is 0 Å². The summed E-state index contributed by atoms with van der Waals surface area (Å²) in [7, 11) is 5.65. The summed E-state index contributed by atoms with van der Waals surface area (Å²) in [6, 6.07) is 2.35.